The Morgan fingerprint density at radius 2 is 2.38 bits per heavy atom. The van der Waals surface area contributed by atoms with E-state index in [2.05, 4.69) is 10.2 Å². The van der Waals surface area contributed by atoms with Gasteiger partial charge in [-0.1, -0.05) is 0 Å². The Kier molecular flexibility index (Phi) is 1.58. The van der Waals surface area contributed by atoms with Crippen molar-refractivity contribution in [1.29, 1.82) is 0 Å². The summed E-state index contributed by atoms with van der Waals surface area (Å²) in [6.07, 6.45) is 2.58. The van der Waals surface area contributed by atoms with Crippen LogP contribution in [-0.2, 0) is 0 Å². The molecule has 4 nitrogen and oxygen atoms in total. The molecule has 0 aliphatic carbocycles. The lowest BCUT2D eigenvalue weighted by Crippen LogP contribution is -1.99. The van der Waals surface area contributed by atoms with Crippen molar-refractivity contribution in [2.75, 3.05) is 0 Å². The summed E-state index contributed by atoms with van der Waals surface area (Å²) in [5, 5.41) is 7.29. The van der Waals surface area contributed by atoms with Gasteiger partial charge in [-0.05, 0) is 13.0 Å². The number of rotatable bonds is 1. The van der Waals surface area contributed by atoms with Crippen LogP contribution < -0.4 is 0 Å². The molecule has 0 aromatic carbocycles. The van der Waals surface area contributed by atoms with E-state index in [1.54, 1.807) is 0 Å². The molecule has 0 spiro atoms. The lowest BCUT2D eigenvalue weighted by atomic mass is 10.2. The van der Waals surface area contributed by atoms with E-state index in [0.29, 0.717) is 5.65 Å². The zero-order chi connectivity index (χ0) is 9.42. The Hall–Kier alpha value is -1.78. The van der Waals surface area contributed by atoms with Crippen LogP contribution in [-0.4, -0.2) is 20.4 Å². The molecule has 5 heteroatoms. The molecule has 0 unspecified atom stereocenters. The van der Waals surface area contributed by atoms with Crippen molar-refractivity contribution < 1.29 is 9.18 Å². The normalized spacial score (nSPS) is 10.6. The molecule has 2 rings (SSSR count). The van der Waals surface area contributed by atoms with Crippen LogP contribution in [0.3, 0.4) is 0 Å². The molecule has 66 valence electrons. The van der Waals surface area contributed by atoms with Gasteiger partial charge in [0.1, 0.15) is 12.1 Å². The lowest BCUT2D eigenvalue weighted by Gasteiger charge is -1.98. The van der Waals surface area contributed by atoms with E-state index in [9.17, 15) is 9.18 Å². The van der Waals surface area contributed by atoms with E-state index in [1.807, 2.05) is 0 Å². The number of hydrogen-bond acceptors (Lipinski definition) is 3. The average Bonchev–Trinajstić information content (AvgIpc) is 2.49. The van der Waals surface area contributed by atoms with Crippen molar-refractivity contribution in [3.63, 3.8) is 0 Å². The van der Waals surface area contributed by atoms with Gasteiger partial charge in [0.15, 0.2) is 11.4 Å². The van der Waals surface area contributed by atoms with Crippen molar-refractivity contribution in [1.82, 2.24) is 14.6 Å². The van der Waals surface area contributed by atoms with Crippen LogP contribution in [0.4, 0.5) is 4.39 Å². The summed E-state index contributed by atoms with van der Waals surface area (Å²) in [7, 11) is 0. The molecule has 0 fully saturated rings. The van der Waals surface area contributed by atoms with Gasteiger partial charge in [0.2, 0.25) is 0 Å². The zero-order valence-electron chi connectivity index (χ0n) is 6.86. The Bertz CT molecular complexity index is 477. The number of pyridine rings is 1. The molecule has 0 radical (unpaired) electrons. The third-order valence-electron chi connectivity index (χ3n) is 1.74. The fourth-order valence-electron chi connectivity index (χ4n) is 1.16. The maximum absolute atomic E-state index is 12.9. The number of nitrogens with zero attached hydrogens (tertiary/aromatic N) is 3. The summed E-state index contributed by atoms with van der Waals surface area (Å²) < 4.78 is 14.3. The van der Waals surface area contributed by atoms with Gasteiger partial charge in [0.25, 0.3) is 0 Å². The summed E-state index contributed by atoms with van der Waals surface area (Å²) in [4.78, 5) is 11.1. The van der Waals surface area contributed by atoms with Crippen LogP contribution in [0.2, 0.25) is 0 Å². The Morgan fingerprint density at radius 3 is 3.08 bits per heavy atom. The quantitative estimate of drug-likeness (QED) is 0.615. The number of hydrogen-bond donors (Lipinski definition) is 0. The maximum Gasteiger partial charge on any atom is 0.171 e. The third kappa shape index (κ3) is 1.18. The van der Waals surface area contributed by atoms with Gasteiger partial charge in [-0.25, -0.2) is 4.39 Å². The fraction of sp³-hybridized carbons (Fsp3) is 0.125. The second kappa shape index (κ2) is 2.62. The Balaban J connectivity index is 2.84. The second-order valence-electron chi connectivity index (χ2n) is 2.69. The fourth-order valence-corrected chi connectivity index (χ4v) is 1.16. The van der Waals surface area contributed by atoms with Gasteiger partial charge < -0.3 is 0 Å². The number of aromatic nitrogens is 3. The smallest absolute Gasteiger partial charge is 0.171 e. The number of ketones is 1. The Labute approximate surface area is 73.0 Å². The van der Waals surface area contributed by atoms with Crippen molar-refractivity contribution >= 4 is 11.4 Å². The molecule has 0 amide bonds. The van der Waals surface area contributed by atoms with Gasteiger partial charge in [-0.2, -0.15) is 0 Å². The van der Waals surface area contributed by atoms with E-state index in [-0.39, 0.29) is 11.3 Å². The monoisotopic (exact) mass is 179 g/mol. The molecular weight excluding hydrogens is 173 g/mol. The molecule has 2 aromatic heterocycles. The number of halogens is 1. The van der Waals surface area contributed by atoms with Gasteiger partial charge >= 0.3 is 0 Å². The third-order valence-corrected chi connectivity index (χ3v) is 1.74. The summed E-state index contributed by atoms with van der Waals surface area (Å²) >= 11 is 0. The minimum absolute atomic E-state index is 0.225. The Morgan fingerprint density at radius 1 is 1.62 bits per heavy atom. The SMILES string of the molecule is CC(=O)c1cc(F)cn2cnnc12. The molecule has 0 saturated heterocycles. The summed E-state index contributed by atoms with van der Waals surface area (Å²) in [6, 6.07) is 1.16. The molecule has 2 heterocycles. The topological polar surface area (TPSA) is 47.3 Å². The van der Waals surface area contributed by atoms with Crippen LogP contribution in [0, 0.1) is 5.82 Å². The zero-order valence-corrected chi connectivity index (χ0v) is 6.86. The van der Waals surface area contributed by atoms with Crippen molar-refractivity contribution in [2.24, 2.45) is 0 Å². The molecule has 0 atom stereocenters. The number of carbonyl (C=O) groups is 1. The van der Waals surface area contributed by atoms with E-state index < -0.39 is 5.82 Å². The van der Waals surface area contributed by atoms with Gasteiger partial charge in [0, 0.05) is 6.20 Å². The molecule has 0 aliphatic rings. The maximum atomic E-state index is 12.9. The van der Waals surface area contributed by atoms with Crippen LogP contribution in [0.25, 0.3) is 5.65 Å². The first-order valence-corrected chi connectivity index (χ1v) is 3.68. The van der Waals surface area contributed by atoms with Crippen molar-refractivity contribution in [2.45, 2.75) is 6.92 Å². The first-order chi connectivity index (χ1) is 6.18. The molecule has 13 heavy (non-hydrogen) atoms. The van der Waals surface area contributed by atoms with Crippen LogP contribution in [0.15, 0.2) is 18.6 Å². The van der Waals surface area contributed by atoms with E-state index in [0.717, 1.165) is 6.07 Å². The standard InChI is InChI=1S/C8H6FN3O/c1-5(13)7-2-6(9)3-12-4-10-11-8(7)12/h2-4H,1H3. The van der Waals surface area contributed by atoms with Gasteiger partial charge in [-0.3, -0.25) is 9.20 Å². The molecular formula is C8H6FN3O. The first kappa shape index (κ1) is 7.85. The minimum Gasteiger partial charge on any atom is -0.294 e. The van der Waals surface area contributed by atoms with Crippen LogP contribution >= 0.6 is 0 Å². The predicted molar refractivity (Wildman–Crippen MR) is 42.9 cm³/mol. The number of Topliss-reactive ketones (excluding diaryl/α,β-unsaturated/α-hetero) is 1. The molecule has 0 bridgehead atoms. The highest BCUT2D eigenvalue weighted by molar-refractivity contribution is 5.99. The summed E-state index contributed by atoms with van der Waals surface area (Å²) in [5.74, 6) is -0.699. The number of carbonyl (C=O) groups excluding carboxylic acids is 1. The highest BCUT2D eigenvalue weighted by atomic mass is 19.1. The highest BCUT2D eigenvalue weighted by Crippen LogP contribution is 2.10. The first-order valence-electron chi connectivity index (χ1n) is 3.68. The molecule has 0 N–H and O–H groups in total. The van der Waals surface area contributed by atoms with Crippen molar-refractivity contribution in [3.8, 4) is 0 Å². The highest BCUT2D eigenvalue weighted by Gasteiger charge is 2.09. The van der Waals surface area contributed by atoms with Crippen molar-refractivity contribution in [3.05, 3.63) is 30.0 Å². The average molecular weight is 179 g/mol. The van der Waals surface area contributed by atoms with Gasteiger partial charge in [-0.15, -0.1) is 10.2 Å². The van der Waals surface area contributed by atoms with E-state index in [1.165, 1.54) is 23.8 Å². The second-order valence-corrected chi connectivity index (χ2v) is 2.69. The van der Waals surface area contributed by atoms with E-state index in [4.69, 9.17) is 0 Å². The largest absolute Gasteiger partial charge is 0.294 e. The lowest BCUT2D eigenvalue weighted by molar-refractivity contribution is 0.101. The molecule has 0 aliphatic heterocycles. The van der Waals surface area contributed by atoms with Crippen LogP contribution in [0.1, 0.15) is 17.3 Å². The van der Waals surface area contributed by atoms with Gasteiger partial charge in [0.05, 0.1) is 5.56 Å². The minimum atomic E-state index is -0.475. The molecule has 2 aromatic rings. The number of fused-ring (bicyclic) bond motifs is 1. The van der Waals surface area contributed by atoms with E-state index >= 15 is 0 Å². The summed E-state index contributed by atoms with van der Waals surface area (Å²) in [6.45, 7) is 1.36. The molecule has 0 saturated carbocycles. The predicted octanol–water partition coefficient (Wildman–Crippen LogP) is 1.07. The van der Waals surface area contributed by atoms with Crippen LogP contribution in [0.5, 0.6) is 0 Å². The summed E-state index contributed by atoms with van der Waals surface area (Å²) in [5.41, 5.74) is 0.631.